The summed E-state index contributed by atoms with van der Waals surface area (Å²) in [6.45, 7) is 0.214. The van der Waals surface area contributed by atoms with Crippen LogP contribution in [0.3, 0.4) is 0 Å². The van der Waals surface area contributed by atoms with Gasteiger partial charge < -0.3 is 10.2 Å². The molecule has 0 saturated carbocycles. The molecule has 0 fully saturated rings. The maximum Gasteiger partial charge on any atom is 0.240 e. The van der Waals surface area contributed by atoms with Crippen LogP contribution in [0.5, 0.6) is 0 Å². The lowest BCUT2D eigenvalue weighted by atomic mass is 10.1. The third-order valence-electron chi connectivity index (χ3n) is 4.10. The Morgan fingerprint density at radius 2 is 1.96 bits per heavy atom. The van der Waals surface area contributed by atoms with Gasteiger partial charge in [-0.3, -0.25) is 9.59 Å². The van der Waals surface area contributed by atoms with Gasteiger partial charge in [0.25, 0.3) is 0 Å². The van der Waals surface area contributed by atoms with Gasteiger partial charge >= 0.3 is 0 Å². The van der Waals surface area contributed by atoms with Gasteiger partial charge in [-0.1, -0.05) is 30.3 Å². The lowest BCUT2D eigenvalue weighted by Crippen LogP contribution is -2.40. The molecular weight excluding hydrogens is 307 g/mol. The minimum absolute atomic E-state index is 0.0227. The average Bonchev–Trinajstić information content (AvgIpc) is 2.73. The largest absolute Gasteiger partial charge is 0.350 e. The quantitative estimate of drug-likeness (QED) is 0.939. The zero-order chi connectivity index (χ0) is 16.9. The highest BCUT2D eigenvalue weighted by Crippen LogP contribution is 2.26. The minimum Gasteiger partial charge on any atom is -0.350 e. The molecule has 124 valence electrons. The van der Waals surface area contributed by atoms with Crippen LogP contribution in [0.2, 0.25) is 0 Å². The van der Waals surface area contributed by atoms with Gasteiger partial charge in [0, 0.05) is 18.7 Å². The van der Waals surface area contributed by atoms with Gasteiger partial charge in [0.05, 0.1) is 0 Å². The van der Waals surface area contributed by atoms with Crippen molar-refractivity contribution in [2.24, 2.45) is 0 Å². The molecular formula is C19H19FN2O2. The van der Waals surface area contributed by atoms with E-state index in [0.29, 0.717) is 12.0 Å². The molecule has 0 saturated heterocycles. The van der Waals surface area contributed by atoms with Crippen molar-refractivity contribution in [3.8, 4) is 0 Å². The number of hydrogen-bond acceptors (Lipinski definition) is 2. The molecule has 4 nitrogen and oxygen atoms in total. The Bertz CT molecular complexity index is 761. The van der Waals surface area contributed by atoms with Gasteiger partial charge in [-0.05, 0) is 42.2 Å². The molecule has 0 radical (unpaired) electrons. The molecule has 1 aliphatic heterocycles. The smallest absolute Gasteiger partial charge is 0.240 e. The van der Waals surface area contributed by atoms with E-state index in [1.807, 2.05) is 24.3 Å². The summed E-state index contributed by atoms with van der Waals surface area (Å²) in [6.07, 6.45) is 2.06. The van der Waals surface area contributed by atoms with E-state index in [1.165, 1.54) is 12.1 Å². The van der Waals surface area contributed by atoms with Crippen LogP contribution in [0.4, 0.5) is 10.1 Å². The molecule has 0 atom stereocenters. The Labute approximate surface area is 140 Å². The number of rotatable bonds is 4. The Kier molecular flexibility index (Phi) is 4.89. The van der Waals surface area contributed by atoms with E-state index in [4.69, 9.17) is 0 Å². The van der Waals surface area contributed by atoms with Crippen LogP contribution in [-0.2, 0) is 22.6 Å². The number of benzene rings is 2. The fourth-order valence-electron chi connectivity index (χ4n) is 2.91. The van der Waals surface area contributed by atoms with Crippen LogP contribution in [0.1, 0.15) is 24.0 Å². The van der Waals surface area contributed by atoms with E-state index in [0.717, 1.165) is 24.1 Å². The van der Waals surface area contributed by atoms with E-state index >= 15 is 0 Å². The monoisotopic (exact) mass is 326 g/mol. The van der Waals surface area contributed by atoms with Crippen molar-refractivity contribution in [3.05, 3.63) is 65.5 Å². The van der Waals surface area contributed by atoms with Crippen LogP contribution in [0.15, 0.2) is 48.5 Å². The predicted molar refractivity (Wildman–Crippen MR) is 90.0 cm³/mol. The van der Waals surface area contributed by atoms with E-state index in [2.05, 4.69) is 5.32 Å². The van der Waals surface area contributed by atoms with Crippen molar-refractivity contribution in [2.45, 2.75) is 25.8 Å². The lowest BCUT2D eigenvalue weighted by Gasteiger charge is -2.22. The first kappa shape index (κ1) is 16.2. The van der Waals surface area contributed by atoms with E-state index in [9.17, 15) is 14.0 Å². The van der Waals surface area contributed by atoms with E-state index < -0.39 is 0 Å². The summed E-state index contributed by atoms with van der Waals surface area (Å²) in [4.78, 5) is 26.1. The minimum atomic E-state index is -0.335. The highest BCUT2D eigenvalue weighted by atomic mass is 19.1. The number of anilines is 1. The number of carbonyl (C=O) groups excluding carboxylic acids is 2. The molecule has 0 bridgehead atoms. The second-order valence-corrected chi connectivity index (χ2v) is 5.87. The third kappa shape index (κ3) is 3.79. The van der Waals surface area contributed by atoms with Crippen LogP contribution in [0.25, 0.3) is 0 Å². The first-order valence-electron chi connectivity index (χ1n) is 8.03. The summed E-state index contributed by atoms with van der Waals surface area (Å²) in [7, 11) is 0. The van der Waals surface area contributed by atoms with E-state index in [1.54, 1.807) is 17.0 Å². The van der Waals surface area contributed by atoms with Crippen molar-refractivity contribution in [1.29, 1.82) is 0 Å². The van der Waals surface area contributed by atoms with Gasteiger partial charge in [0.15, 0.2) is 0 Å². The SMILES string of the molecule is O=C(CN1C(=O)CCCc2ccccc21)NCc1cccc(F)c1. The molecule has 2 aromatic carbocycles. The summed E-state index contributed by atoms with van der Waals surface area (Å²) in [5, 5.41) is 2.75. The van der Waals surface area contributed by atoms with Crippen molar-refractivity contribution in [2.75, 3.05) is 11.4 Å². The van der Waals surface area contributed by atoms with Gasteiger partial charge in [-0.15, -0.1) is 0 Å². The zero-order valence-corrected chi connectivity index (χ0v) is 13.3. The third-order valence-corrected chi connectivity index (χ3v) is 4.10. The maximum absolute atomic E-state index is 13.2. The van der Waals surface area contributed by atoms with Crippen molar-refractivity contribution in [3.63, 3.8) is 0 Å². The average molecular weight is 326 g/mol. The Morgan fingerprint density at radius 1 is 1.12 bits per heavy atom. The number of nitrogens with zero attached hydrogens (tertiary/aromatic N) is 1. The number of carbonyl (C=O) groups is 2. The predicted octanol–water partition coefficient (Wildman–Crippen LogP) is 2.81. The Morgan fingerprint density at radius 3 is 2.79 bits per heavy atom. The van der Waals surface area contributed by atoms with Gasteiger partial charge in [0.1, 0.15) is 12.4 Å². The fraction of sp³-hybridized carbons (Fsp3) is 0.263. The number of fused-ring (bicyclic) bond motifs is 1. The molecule has 1 N–H and O–H groups in total. The van der Waals surface area contributed by atoms with Crippen LogP contribution < -0.4 is 10.2 Å². The molecule has 2 aromatic rings. The van der Waals surface area contributed by atoms with Crippen LogP contribution >= 0.6 is 0 Å². The molecule has 0 aromatic heterocycles. The number of aryl methyl sites for hydroxylation is 1. The molecule has 0 unspecified atom stereocenters. The second-order valence-electron chi connectivity index (χ2n) is 5.87. The first-order chi connectivity index (χ1) is 11.6. The van der Waals surface area contributed by atoms with Crippen molar-refractivity contribution in [1.82, 2.24) is 5.32 Å². The summed E-state index contributed by atoms with van der Waals surface area (Å²) in [6, 6.07) is 13.8. The maximum atomic E-state index is 13.2. The lowest BCUT2D eigenvalue weighted by molar-refractivity contribution is -0.123. The Balaban J connectivity index is 1.68. The van der Waals surface area contributed by atoms with Gasteiger partial charge in [-0.25, -0.2) is 4.39 Å². The second kappa shape index (κ2) is 7.25. The molecule has 5 heteroatoms. The summed E-state index contributed by atoms with van der Waals surface area (Å²) < 4.78 is 13.2. The highest BCUT2D eigenvalue weighted by Gasteiger charge is 2.23. The van der Waals surface area contributed by atoms with Crippen LogP contribution in [0, 0.1) is 5.82 Å². The number of nitrogens with one attached hydrogen (secondary N) is 1. The summed E-state index contributed by atoms with van der Waals surface area (Å²) >= 11 is 0. The van der Waals surface area contributed by atoms with Gasteiger partial charge in [0.2, 0.25) is 11.8 Å². The molecule has 2 amide bonds. The zero-order valence-electron chi connectivity index (χ0n) is 13.3. The topological polar surface area (TPSA) is 49.4 Å². The standard InChI is InChI=1S/C19H19FN2O2/c20-16-8-3-5-14(11-16)12-21-18(23)13-22-17-9-2-1-6-15(17)7-4-10-19(22)24/h1-3,5-6,8-9,11H,4,7,10,12-13H2,(H,21,23). The molecule has 0 aliphatic carbocycles. The Hall–Kier alpha value is -2.69. The summed E-state index contributed by atoms with van der Waals surface area (Å²) in [5.74, 6) is -0.636. The van der Waals surface area contributed by atoms with Crippen molar-refractivity contribution >= 4 is 17.5 Å². The number of halogens is 1. The highest BCUT2D eigenvalue weighted by molar-refractivity contribution is 5.99. The first-order valence-corrected chi connectivity index (χ1v) is 8.03. The molecule has 1 aliphatic rings. The van der Waals surface area contributed by atoms with Crippen molar-refractivity contribution < 1.29 is 14.0 Å². The van der Waals surface area contributed by atoms with E-state index in [-0.39, 0.29) is 30.7 Å². The normalized spacial score (nSPS) is 14.0. The molecule has 1 heterocycles. The van der Waals surface area contributed by atoms with Gasteiger partial charge in [-0.2, -0.15) is 0 Å². The van der Waals surface area contributed by atoms with Crippen LogP contribution in [-0.4, -0.2) is 18.4 Å². The number of amides is 2. The molecule has 0 spiro atoms. The molecule has 24 heavy (non-hydrogen) atoms. The number of hydrogen-bond donors (Lipinski definition) is 1. The fourth-order valence-corrected chi connectivity index (χ4v) is 2.91. The number of para-hydroxylation sites is 1. The summed E-state index contributed by atoms with van der Waals surface area (Å²) in [5.41, 5.74) is 2.58. The molecule has 3 rings (SSSR count).